The van der Waals surface area contributed by atoms with E-state index in [1.165, 1.54) is 12.8 Å². The molecular weight excluding hydrogens is 166 g/mol. The lowest BCUT2D eigenvalue weighted by molar-refractivity contribution is 0.291. The summed E-state index contributed by atoms with van der Waals surface area (Å²) in [5.74, 6) is 0.938. The van der Waals surface area contributed by atoms with Gasteiger partial charge in [-0.1, -0.05) is 25.4 Å². The van der Waals surface area contributed by atoms with Crippen LogP contribution in [-0.4, -0.2) is 36.1 Å². The van der Waals surface area contributed by atoms with Crippen LogP contribution in [0.15, 0.2) is 5.16 Å². The zero-order chi connectivity index (χ0) is 10.3. The molecule has 4 nitrogen and oxygen atoms in total. The highest BCUT2D eigenvalue weighted by Gasteiger charge is 2.06. The Kier molecular flexibility index (Phi) is 6.32. The van der Waals surface area contributed by atoms with Gasteiger partial charge in [0.25, 0.3) is 0 Å². The van der Waals surface area contributed by atoms with E-state index in [4.69, 9.17) is 10.9 Å². The summed E-state index contributed by atoms with van der Waals surface area (Å²) >= 11 is 0. The van der Waals surface area contributed by atoms with Crippen LogP contribution in [0.2, 0.25) is 0 Å². The SMILES string of the molecule is CCCC(C)CN(C)CC(N)=NO. The molecule has 3 N–H and O–H groups in total. The molecule has 1 unspecified atom stereocenters. The first-order valence-electron chi connectivity index (χ1n) is 4.75. The molecule has 0 rings (SSSR count). The van der Waals surface area contributed by atoms with Crippen molar-refractivity contribution in [2.24, 2.45) is 16.8 Å². The number of likely N-dealkylation sites (N-methyl/N-ethyl adjacent to an activating group) is 1. The summed E-state index contributed by atoms with van der Waals surface area (Å²) in [7, 11) is 1.98. The van der Waals surface area contributed by atoms with Gasteiger partial charge in [-0.25, -0.2) is 0 Å². The summed E-state index contributed by atoms with van der Waals surface area (Å²) in [6, 6.07) is 0. The highest BCUT2D eigenvalue weighted by molar-refractivity contribution is 5.81. The van der Waals surface area contributed by atoms with Crippen molar-refractivity contribution in [3.05, 3.63) is 0 Å². The van der Waals surface area contributed by atoms with Gasteiger partial charge in [0.2, 0.25) is 0 Å². The summed E-state index contributed by atoms with van der Waals surface area (Å²) in [5.41, 5.74) is 5.38. The molecule has 0 aliphatic carbocycles. The normalized spacial score (nSPS) is 14.9. The van der Waals surface area contributed by atoms with Crippen LogP contribution in [0, 0.1) is 5.92 Å². The fraction of sp³-hybridized carbons (Fsp3) is 0.889. The summed E-state index contributed by atoms with van der Waals surface area (Å²) < 4.78 is 0. The average Bonchev–Trinajstić information content (AvgIpc) is 2.04. The molecule has 0 spiro atoms. The summed E-state index contributed by atoms with van der Waals surface area (Å²) in [5, 5.41) is 11.3. The summed E-state index contributed by atoms with van der Waals surface area (Å²) in [4.78, 5) is 2.06. The van der Waals surface area contributed by atoms with Crippen molar-refractivity contribution in [2.75, 3.05) is 20.1 Å². The van der Waals surface area contributed by atoms with E-state index in [0.29, 0.717) is 12.5 Å². The Morgan fingerprint density at radius 1 is 1.62 bits per heavy atom. The minimum Gasteiger partial charge on any atom is -0.409 e. The molecule has 78 valence electrons. The van der Waals surface area contributed by atoms with E-state index in [1.54, 1.807) is 0 Å². The fourth-order valence-electron chi connectivity index (χ4n) is 1.49. The van der Waals surface area contributed by atoms with Gasteiger partial charge in [-0.05, 0) is 19.4 Å². The van der Waals surface area contributed by atoms with Crippen molar-refractivity contribution < 1.29 is 5.21 Å². The molecule has 1 atom stereocenters. The minimum atomic E-state index is 0.270. The number of rotatable bonds is 6. The van der Waals surface area contributed by atoms with Crippen LogP contribution in [0.3, 0.4) is 0 Å². The van der Waals surface area contributed by atoms with Crippen molar-refractivity contribution in [3.8, 4) is 0 Å². The highest BCUT2D eigenvalue weighted by Crippen LogP contribution is 2.05. The third-order valence-corrected chi connectivity index (χ3v) is 1.97. The Bertz CT molecular complexity index is 159. The van der Waals surface area contributed by atoms with E-state index in [9.17, 15) is 0 Å². The second-order valence-electron chi connectivity index (χ2n) is 3.68. The minimum absolute atomic E-state index is 0.270. The number of nitrogens with two attached hydrogens (primary N) is 1. The first-order valence-corrected chi connectivity index (χ1v) is 4.75. The molecular formula is C9H21N3O. The third-order valence-electron chi connectivity index (χ3n) is 1.97. The van der Waals surface area contributed by atoms with Gasteiger partial charge in [0.15, 0.2) is 5.84 Å². The van der Waals surface area contributed by atoms with Gasteiger partial charge in [0.05, 0.1) is 6.54 Å². The van der Waals surface area contributed by atoms with Crippen LogP contribution in [0.1, 0.15) is 26.7 Å². The maximum Gasteiger partial charge on any atom is 0.153 e. The van der Waals surface area contributed by atoms with Gasteiger partial charge in [-0.3, -0.25) is 4.90 Å². The van der Waals surface area contributed by atoms with Crippen LogP contribution in [0.4, 0.5) is 0 Å². The molecule has 0 fully saturated rings. The summed E-state index contributed by atoms with van der Waals surface area (Å²) in [6.07, 6.45) is 2.43. The number of oxime groups is 1. The van der Waals surface area contributed by atoms with Gasteiger partial charge in [0.1, 0.15) is 0 Å². The lowest BCUT2D eigenvalue weighted by Crippen LogP contribution is -2.33. The molecule has 0 aliphatic rings. The number of amidine groups is 1. The van der Waals surface area contributed by atoms with Gasteiger partial charge >= 0.3 is 0 Å². The highest BCUT2D eigenvalue weighted by atomic mass is 16.4. The topological polar surface area (TPSA) is 61.8 Å². The van der Waals surface area contributed by atoms with Gasteiger partial charge < -0.3 is 10.9 Å². The van der Waals surface area contributed by atoms with Crippen LogP contribution in [0.25, 0.3) is 0 Å². The third kappa shape index (κ3) is 6.40. The van der Waals surface area contributed by atoms with Gasteiger partial charge in [-0.2, -0.15) is 0 Å². The van der Waals surface area contributed by atoms with E-state index >= 15 is 0 Å². The molecule has 0 heterocycles. The van der Waals surface area contributed by atoms with Crippen molar-refractivity contribution in [1.29, 1.82) is 0 Å². The molecule has 0 aromatic rings. The van der Waals surface area contributed by atoms with Crippen LogP contribution in [0.5, 0.6) is 0 Å². The second kappa shape index (κ2) is 6.71. The van der Waals surface area contributed by atoms with Gasteiger partial charge in [-0.15, -0.1) is 0 Å². The number of hydrogen-bond donors (Lipinski definition) is 2. The molecule has 0 aromatic carbocycles. The smallest absolute Gasteiger partial charge is 0.153 e. The molecule has 0 aromatic heterocycles. The van der Waals surface area contributed by atoms with Crippen LogP contribution in [-0.2, 0) is 0 Å². The maximum absolute atomic E-state index is 8.36. The predicted octanol–water partition coefficient (Wildman–Crippen LogP) is 1.10. The lowest BCUT2D eigenvalue weighted by atomic mass is 10.1. The van der Waals surface area contributed by atoms with Gasteiger partial charge in [0, 0.05) is 6.54 Å². The molecule has 0 saturated carbocycles. The Labute approximate surface area is 80.4 Å². The van der Waals surface area contributed by atoms with Crippen molar-refractivity contribution in [3.63, 3.8) is 0 Å². The molecule has 0 saturated heterocycles. The predicted molar refractivity (Wildman–Crippen MR) is 55.0 cm³/mol. The van der Waals surface area contributed by atoms with E-state index in [-0.39, 0.29) is 5.84 Å². The largest absolute Gasteiger partial charge is 0.409 e. The maximum atomic E-state index is 8.36. The molecule has 0 bridgehead atoms. The van der Waals surface area contributed by atoms with E-state index < -0.39 is 0 Å². The zero-order valence-electron chi connectivity index (χ0n) is 8.82. The molecule has 0 aliphatic heterocycles. The Morgan fingerprint density at radius 3 is 2.69 bits per heavy atom. The first kappa shape index (κ1) is 12.2. The monoisotopic (exact) mass is 187 g/mol. The first-order chi connectivity index (χ1) is 6.10. The Morgan fingerprint density at radius 2 is 2.23 bits per heavy atom. The lowest BCUT2D eigenvalue weighted by Gasteiger charge is -2.19. The van der Waals surface area contributed by atoms with Crippen molar-refractivity contribution in [2.45, 2.75) is 26.7 Å². The molecule has 4 heteroatoms. The second-order valence-corrected chi connectivity index (χ2v) is 3.68. The van der Waals surface area contributed by atoms with E-state index in [1.807, 2.05) is 7.05 Å². The average molecular weight is 187 g/mol. The Balaban J connectivity index is 3.67. The molecule has 13 heavy (non-hydrogen) atoms. The number of hydrogen-bond acceptors (Lipinski definition) is 3. The van der Waals surface area contributed by atoms with E-state index in [2.05, 4.69) is 23.9 Å². The van der Waals surface area contributed by atoms with E-state index in [0.717, 1.165) is 6.54 Å². The fourth-order valence-corrected chi connectivity index (χ4v) is 1.49. The van der Waals surface area contributed by atoms with Crippen molar-refractivity contribution >= 4 is 5.84 Å². The zero-order valence-corrected chi connectivity index (χ0v) is 8.82. The molecule has 0 radical (unpaired) electrons. The summed E-state index contributed by atoms with van der Waals surface area (Å²) in [6.45, 7) is 5.92. The van der Waals surface area contributed by atoms with Crippen molar-refractivity contribution in [1.82, 2.24) is 4.90 Å². The Hall–Kier alpha value is -0.770. The number of nitrogens with zero attached hydrogens (tertiary/aromatic N) is 2. The molecule has 0 amide bonds. The quantitative estimate of drug-likeness (QED) is 0.283. The van der Waals surface area contributed by atoms with Crippen LogP contribution < -0.4 is 5.73 Å². The van der Waals surface area contributed by atoms with Crippen LogP contribution >= 0.6 is 0 Å². The standard InChI is InChI=1S/C9H21N3O/c1-4-5-8(2)6-12(3)7-9(10)11-13/h8,13H,4-7H2,1-3H3,(H2,10,11).